The molecule has 0 aliphatic carbocycles. The highest BCUT2D eigenvalue weighted by atomic mass is 28.4. The third-order valence-electron chi connectivity index (χ3n) is 2.62. The third kappa shape index (κ3) is 5.90. The molecular formula is C12H27NO5Si. The molecule has 19 heavy (non-hydrogen) atoms. The Labute approximate surface area is 117 Å². The van der Waals surface area contributed by atoms with Gasteiger partial charge >= 0.3 is 14.9 Å². The second-order valence-electron chi connectivity index (χ2n) is 5.46. The summed E-state index contributed by atoms with van der Waals surface area (Å²) in [5, 5.41) is 2.76. The number of carbonyl (C=O) groups excluding carboxylic acids is 1. The van der Waals surface area contributed by atoms with Crippen LogP contribution < -0.4 is 5.32 Å². The van der Waals surface area contributed by atoms with Crippen molar-refractivity contribution in [2.75, 3.05) is 27.9 Å². The fourth-order valence-corrected chi connectivity index (χ4v) is 3.73. The average Bonchev–Trinajstić information content (AvgIpc) is 2.36. The minimum atomic E-state index is -2.90. The number of rotatable bonds is 7. The van der Waals surface area contributed by atoms with Gasteiger partial charge in [0.05, 0.1) is 6.61 Å². The first-order valence-electron chi connectivity index (χ1n) is 6.33. The molecule has 0 radical (unpaired) electrons. The van der Waals surface area contributed by atoms with Gasteiger partial charge in [0.25, 0.3) is 0 Å². The van der Waals surface area contributed by atoms with Crippen molar-refractivity contribution >= 4 is 14.9 Å². The van der Waals surface area contributed by atoms with E-state index in [4.69, 9.17) is 18.0 Å². The molecule has 114 valence electrons. The predicted molar refractivity (Wildman–Crippen MR) is 74.8 cm³/mol. The van der Waals surface area contributed by atoms with E-state index in [1.165, 1.54) is 21.3 Å². The molecule has 0 fully saturated rings. The van der Waals surface area contributed by atoms with Crippen LogP contribution >= 0.6 is 0 Å². The maximum absolute atomic E-state index is 11.8. The first kappa shape index (κ1) is 18.4. The predicted octanol–water partition coefficient (Wildman–Crippen LogP) is 1.95. The van der Waals surface area contributed by atoms with Gasteiger partial charge in [-0.25, -0.2) is 4.79 Å². The smallest absolute Gasteiger partial charge is 0.449 e. The van der Waals surface area contributed by atoms with Crippen LogP contribution in [0.4, 0.5) is 4.79 Å². The molecule has 0 heterocycles. The van der Waals surface area contributed by atoms with Gasteiger partial charge in [-0.1, -0.05) is 27.7 Å². The Morgan fingerprint density at radius 2 is 1.63 bits per heavy atom. The Kier molecular flexibility index (Phi) is 7.57. The van der Waals surface area contributed by atoms with Gasteiger partial charge in [0.1, 0.15) is 5.67 Å². The van der Waals surface area contributed by atoms with Crippen molar-refractivity contribution in [3.05, 3.63) is 0 Å². The molecule has 7 heteroatoms. The molecule has 0 spiro atoms. The van der Waals surface area contributed by atoms with Gasteiger partial charge in [0, 0.05) is 21.3 Å². The van der Waals surface area contributed by atoms with Crippen LogP contribution in [0.2, 0.25) is 0 Å². The lowest BCUT2D eigenvalue weighted by Gasteiger charge is -2.32. The summed E-state index contributed by atoms with van der Waals surface area (Å²) in [6, 6.07) is 0. The Morgan fingerprint density at radius 3 is 1.95 bits per heavy atom. The summed E-state index contributed by atoms with van der Waals surface area (Å²) in [6.07, 6.45) is 0.150. The summed E-state index contributed by atoms with van der Waals surface area (Å²) in [6.45, 7) is 8.26. The summed E-state index contributed by atoms with van der Waals surface area (Å²) in [7, 11) is 1.66. The van der Waals surface area contributed by atoms with Crippen molar-refractivity contribution in [1.29, 1.82) is 0 Å². The number of carbonyl (C=O) groups is 1. The van der Waals surface area contributed by atoms with Crippen LogP contribution in [-0.4, -0.2) is 48.5 Å². The lowest BCUT2D eigenvalue weighted by Crippen LogP contribution is -2.61. The lowest BCUT2D eigenvalue weighted by atomic mass is 9.99. The minimum Gasteiger partial charge on any atom is -0.449 e. The maximum Gasteiger partial charge on any atom is 0.523 e. The fourth-order valence-electron chi connectivity index (χ4n) is 1.58. The number of alkyl carbamates (subject to hydrolysis) is 1. The van der Waals surface area contributed by atoms with E-state index in [9.17, 15) is 4.79 Å². The maximum atomic E-state index is 11.8. The molecule has 0 aromatic carbocycles. The van der Waals surface area contributed by atoms with Crippen LogP contribution in [0.5, 0.6) is 0 Å². The highest BCUT2D eigenvalue weighted by Gasteiger charge is 2.47. The summed E-state index contributed by atoms with van der Waals surface area (Å²) in [4.78, 5) is 11.8. The molecule has 0 aliphatic rings. The average molecular weight is 293 g/mol. The molecule has 1 N–H and O–H groups in total. The number of hydrogen-bond acceptors (Lipinski definition) is 5. The monoisotopic (exact) mass is 293 g/mol. The van der Waals surface area contributed by atoms with Gasteiger partial charge in [0.2, 0.25) is 0 Å². The van der Waals surface area contributed by atoms with Crippen molar-refractivity contribution in [3.8, 4) is 0 Å². The Hall–Kier alpha value is -0.633. The lowest BCUT2D eigenvalue weighted by molar-refractivity contribution is 0.0873. The molecule has 0 aromatic heterocycles. The van der Waals surface area contributed by atoms with Crippen molar-refractivity contribution in [2.24, 2.45) is 5.41 Å². The summed E-state index contributed by atoms with van der Waals surface area (Å²) in [5.74, 6) is 0. The third-order valence-corrected chi connectivity index (χ3v) is 5.73. The second-order valence-corrected chi connectivity index (χ2v) is 8.59. The molecule has 0 rings (SSSR count). The second kappa shape index (κ2) is 7.84. The van der Waals surface area contributed by atoms with Crippen LogP contribution in [0.1, 0.15) is 34.1 Å². The molecule has 1 atom stereocenters. The van der Waals surface area contributed by atoms with Crippen LogP contribution in [0.25, 0.3) is 0 Å². The van der Waals surface area contributed by atoms with E-state index in [-0.39, 0.29) is 11.1 Å². The standard InChI is InChI=1S/C12H27NO5Si/c1-8-10(19(15-5,16-6)17-7)13-11(14)18-9-12(2,3)4/h10H,8-9H2,1-7H3,(H,13,14). The van der Waals surface area contributed by atoms with Crippen LogP contribution in [0, 0.1) is 5.41 Å². The van der Waals surface area contributed by atoms with Crippen molar-refractivity contribution in [1.82, 2.24) is 5.32 Å². The van der Waals surface area contributed by atoms with E-state index >= 15 is 0 Å². The van der Waals surface area contributed by atoms with Gasteiger partial charge in [-0.15, -0.1) is 0 Å². The van der Waals surface area contributed by atoms with Gasteiger partial charge in [-0.2, -0.15) is 0 Å². The van der Waals surface area contributed by atoms with Crippen molar-refractivity contribution in [2.45, 2.75) is 39.8 Å². The van der Waals surface area contributed by atoms with Crippen LogP contribution in [0.15, 0.2) is 0 Å². The first-order chi connectivity index (χ1) is 8.74. The molecule has 0 aromatic rings. The zero-order valence-electron chi connectivity index (χ0n) is 13.0. The van der Waals surface area contributed by atoms with Gasteiger partial charge in [-0.3, -0.25) is 0 Å². The molecule has 0 aliphatic heterocycles. The van der Waals surface area contributed by atoms with Crippen molar-refractivity contribution in [3.63, 3.8) is 0 Å². The van der Waals surface area contributed by atoms with Crippen LogP contribution in [-0.2, 0) is 18.0 Å². The molecule has 0 saturated carbocycles. The van der Waals surface area contributed by atoms with E-state index in [2.05, 4.69) is 5.32 Å². The highest BCUT2D eigenvalue weighted by molar-refractivity contribution is 6.62. The zero-order chi connectivity index (χ0) is 15.1. The van der Waals surface area contributed by atoms with E-state index in [1.807, 2.05) is 27.7 Å². The van der Waals surface area contributed by atoms with E-state index in [0.29, 0.717) is 13.0 Å². The topological polar surface area (TPSA) is 66.0 Å². The largest absolute Gasteiger partial charge is 0.523 e. The van der Waals surface area contributed by atoms with E-state index in [1.54, 1.807) is 0 Å². The van der Waals surface area contributed by atoms with Crippen LogP contribution in [0.3, 0.4) is 0 Å². The molecule has 1 amide bonds. The summed E-state index contributed by atoms with van der Waals surface area (Å²) >= 11 is 0. The number of hydrogen-bond donors (Lipinski definition) is 1. The Morgan fingerprint density at radius 1 is 1.16 bits per heavy atom. The van der Waals surface area contributed by atoms with E-state index in [0.717, 1.165) is 0 Å². The van der Waals surface area contributed by atoms with Gasteiger partial charge < -0.3 is 23.3 Å². The first-order valence-corrected chi connectivity index (χ1v) is 8.13. The Bertz CT molecular complexity index is 268. The summed E-state index contributed by atoms with van der Waals surface area (Å²) in [5.41, 5.74) is -0.405. The van der Waals surface area contributed by atoms with Crippen molar-refractivity contribution < 1.29 is 22.8 Å². The number of nitrogens with one attached hydrogen (secondary N) is 1. The normalized spacial score (nSPS) is 14.1. The highest BCUT2D eigenvalue weighted by Crippen LogP contribution is 2.16. The van der Waals surface area contributed by atoms with Gasteiger partial charge in [-0.05, 0) is 11.8 Å². The Balaban J connectivity index is 4.59. The minimum absolute atomic E-state index is 0.0721. The summed E-state index contributed by atoms with van der Waals surface area (Å²) < 4.78 is 21.3. The molecule has 6 nitrogen and oxygen atoms in total. The zero-order valence-corrected chi connectivity index (χ0v) is 14.0. The molecule has 0 saturated heterocycles. The number of amides is 1. The molecule has 1 unspecified atom stereocenters. The molecular weight excluding hydrogens is 266 g/mol. The quantitative estimate of drug-likeness (QED) is 0.727. The number of ether oxygens (including phenoxy) is 1. The van der Waals surface area contributed by atoms with Gasteiger partial charge in [0.15, 0.2) is 0 Å². The van der Waals surface area contributed by atoms with E-state index < -0.39 is 14.9 Å². The molecule has 0 bridgehead atoms. The fraction of sp³-hybridized carbons (Fsp3) is 0.917. The SMILES string of the molecule is CCC(NC(=O)OCC(C)(C)C)[Si](OC)(OC)OC.